The van der Waals surface area contributed by atoms with E-state index < -0.39 is 0 Å². The van der Waals surface area contributed by atoms with Crippen molar-refractivity contribution in [3.05, 3.63) is 35.6 Å². The maximum atomic E-state index is 12.7. The van der Waals surface area contributed by atoms with Gasteiger partial charge in [0.05, 0.1) is 12.6 Å². The summed E-state index contributed by atoms with van der Waals surface area (Å²) in [4.78, 5) is 0. The number of halogens is 1. The van der Waals surface area contributed by atoms with Crippen molar-refractivity contribution in [3.63, 3.8) is 0 Å². The van der Waals surface area contributed by atoms with E-state index in [9.17, 15) is 4.39 Å². The van der Waals surface area contributed by atoms with Crippen molar-refractivity contribution in [1.82, 2.24) is 0 Å². The molecular weight excluding hydrogens is 217 g/mol. The molecule has 3 heteroatoms. The molecule has 0 saturated heterocycles. The van der Waals surface area contributed by atoms with Gasteiger partial charge in [-0.1, -0.05) is 26.0 Å². The quantitative estimate of drug-likeness (QED) is 0.741. The van der Waals surface area contributed by atoms with Gasteiger partial charge in [0, 0.05) is 6.61 Å². The molecule has 0 bridgehead atoms. The molecule has 1 rings (SSSR count). The Hall–Kier alpha value is -0.930. The predicted molar refractivity (Wildman–Crippen MR) is 68.2 cm³/mol. The molecule has 1 unspecified atom stereocenters. The number of hydrogen-bond donors (Lipinski definition) is 1. The fourth-order valence-corrected chi connectivity index (χ4v) is 1.61. The van der Waals surface area contributed by atoms with Crippen LogP contribution in [0, 0.1) is 11.7 Å². The number of ether oxygens (including phenoxy) is 1. The molecule has 0 radical (unpaired) electrons. The molecule has 0 aliphatic rings. The Kier molecular flexibility index (Phi) is 6.16. The molecule has 17 heavy (non-hydrogen) atoms. The summed E-state index contributed by atoms with van der Waals surface area (Å²) in [7, 11) is 0. The topological polar surface area (TPSA) is 35.2 Å². The Morgan fingerprint density at radius 2 is 1.88 bits per heavy atom. The third-order valence-corrected chi connectivity index (χ3v) is 2.67. The van der Waals surface area contributed by atoms with Gasteiger partial charge in [-0.15, -0.1) is 0 Å². The molecule has 2 nitrogen and oxygen atoms in total. The molecule has 0 aliphatic carbocycles. The minimum absolute atomic E-state index is 0.172. The number of rotatable bonds is 7. The van der Waals surface area contributed by atoms with E-state index >= 15 is 0 Å². The van der Waals surface area contributed by atoms with E-state index in [-0.39, 0.29) is 11.9 Å². The van der Waals surface area contributed by atoms with Crippen molar-refractivity contribution < 1.29 is 9.13 Å². The molecule has 1 atom stereocenters. The summed E-state index contributed by atoms with van der Waals surface area (Å²) in [5.41, 5.74) is 6.85. The highest BCUT2D eigenvalue weighted by Crippen LogP contribution is 2.12. The monoisotopic (exact) mass is 239 g/mol. The highest BCUT2D eigenvalue weighted by atomic mass is 19.1. The largest absolute Gasteiger partial charge is 0.379 e. The Labute approximate surface area is 103 Å². The van der Waals surface area contributed by atoms with E-state index in [1.165, 1.54) is 18.6 Å². The van der Waals surface area contributed by atoms with Crippen LogP contribution in [-0.4, -0.2) is 13.2 Å². The fraction of sp³-hybridized carbons (Fsp3) is 0.571. The summed E-state index contributed by atoms with van der Waals surface area (Å²) in [5, 5.41) is 0. The van der Waals surface area contributed by atoms with Gasteiger partial charge in [0.2, 0.25) is 0 Å². The Morgan fingerprint density at radius 3 is 2.47 bits per heavy atom. The van der Waals surface area contributed by atoms with Crippen molar-refractivity contribution in [2.24, 2.45) is 11.7 Å². The Bertz CT molecular complexity index is 311. The number of benzene rings is 1. The van der Waals surface area contributed by atoms with E-state index in [1.54, 1.807) is 12.1 Å². The van der Waals surface area contributed by atoms with Gasteiger partial charge in [-0.25, -0.2) is 4.39 Å². The van der Waals surface area contributed by atoms with Crippen LogP contribution in [-0.2, 0) is 4.74 Å². The summed E-state index contributed by atoms with van der Waals surface area (Å²) in [6, 6.07) is 6.09. The normalized spacial score (nSPS) is 13.0. The fourth-order valence-electron chi connectivity index (χ4n) is 1.61. The second kappa shape index (κ2) is 7.41. The minimum Gasteiger partial charge on any atom is -0.379 e. The molecule has 2 N–H and O–H groups in total. The number of hydrogen-bond acceptors (Lipinski definition) is 2. The molecule has 96 valence electrons. The first-order valence-electron chi connectivity index (χ1n) is 6.18. The van der Waals surface area contributed by atoms with Crippen LogP contribution in [0.1, 0.15) is 38.3 Å². The van der Waals surface area contributed by atoms with Crippen molar-refractivity contribution in [1.29, 1.82) is 0 Å². The zero-order chi connectivity index (χ0) is 12.7. The van der Waals surface area contributed by atoms with Gasteiger partial charge in [0.1, 0.15) is 5.82 Å². The van der Waals surface area contributed by atoms with Crippen molar-refractivity contribution in [3.8, 4) is 0 Å². The van der Waals surface area contributed by atoms with Crippen LogP contribution >= 0.6 is 0 Å². The van der Waals surface area contributed by atoms with Crippen molar-refractivity contribution >= 4 is 0 Å². The summed E-state index contributed by atoms with van der Waals surface area (Å²) < 4.78 is 18.2. The lowest BCUT2D eigenvalue weighted by Gasteiger charge is -2.13. The van der Waals surface area contributed by atoms with Crippen LogP contribution in [0.4, 0.5) is 4.39 Å². The Balaban J connectivity index is 2.21. The minimum atomic E-state index is -0.237. The maximum absolute atomic E-state index is 12.7. The smallest absolute Gasteiger partial charge is 0.123 e. The molecule has 0 aromatic heterocycles. The second-order valence-electron chi connectivity index (χ2n) is 4.77. The van der Waals surface area contributed by atoms with E-state index in [2.05, 4.69) is 13.8 Å². The zero-order valence-corrected chi connectivity index (χ0v) is 10.7. The third-order valence-electron chi connectivity index (χ3n) is 2.67. The standard InChI is InChI=1S/C14H22FNO/c1-11(2)4-3-9-17-10-14(16)12-5-7-13(15)8-6-12/h5-8,11,14H,3-4,9-10,16H2,1-2H3. The van der Waals surface area contributed by atoms with Gasteiger partial charge in [0.25, 0.3) is 0 Å². The van der Waals surface area contributed by atoms with Crippen LogP contribution < -0.4 is 5.73 Å². The van der Waals surface area contributed by atoms with Gasteiger partial charge < -0.3 is 10.5 Å². The molecule has 0 fully saturated rings. The van der Waals surface area contributed by atoms with E-state index in [4.69, 9.17) is 10.5 Å². The van der Waals surface area contributed by atoms with E-state index in [0.717, 1.165) is 18.6 Å². The van der Waals surface area contributed by atoms with E-state index in [1.807, 2.05) is 0 Å². The molecule has 1 aromatic carbocycles. The lowest BCUT2D eigenvalue weighted by atomic mass is 10.1. The molecule has 0 aliphatic heterocycles. The molecule has 0 amide bonds. The molecule has 0 saturated carbocycles. The SMILES string of the molecule is CC(C)CCCOCC(N)c1ccc(F)cc1. The first-order chi connectivity index (χ1) is 8.09. The van der Waals surface area contributed by atoms with Crippen LogP contribution in [0.25, 0.3) is 0 Å². The van der Waals surface area contributed by atoms with Gasteiger partial charge in [-0.2, -0.15) is 0 Å². The van der Waals surface area contributed by atoms with E-state index in [0.29, 0.717) is 12.5 Å². The molecule has 0 heterocycles. The first-order valence-corrected chi connectivity index (χ1v) is 6.18. The third kappa shape index (κ3) is 5.80. The van der Waals surface area contributed by atoms with Crippen LogP contribution in [0.3, 0.4) is 0 Å². The van der Waals surface area contributed by atoms with Crippen LogP contribution in [0.2, 0.25) is 0 Å². The van der Waals surface area contributed by atoms with Crippen LogP contribution in [0.5, 0.6) is 0 Å². The van der Waals surface area contributed by atoms with Gasteiger partial charge in [-0.05, 0) is 36.5 Å². The first kappa shape index (κ1) is 14.1. The lowest BCUT2D eigenvalue weighted by molar-refractivity contribution is 0.115. The average Bonchev–Trinajstić information content (AvgIpc) is 2.29. The highest BCUT2D eigenvalue weighted by Gasteiger charge is 2.06. The van der Waals surface area contributed by atoms with Crippen molar-refractivity contribution in [2.75, 3.05) is 13.2 Å². The highest BCUT2D eigenvalue weighted by molar-refractivity contribution is 5.19. The predicted octanol–water partition coefficient (Wildman–Crippen LogP) is 3.28. The summed E-state index contributed by atoms with van der Waals surface area (Å²) in [6.45, 7) is 5.63. The average molecular weight is 239 g/mol. The Morgan fingerprint density at radius 1 is 1.24 bits per heavy atom. The molecule has 1 aromatic rings. The zero-order valence-electron chi connectivity index (χ0n) is 10.7. The summed E-state index contributed by atoms with van der Waals surface area (Å²) >= 11 is 0. The second-order valence-corrected chi connectivity index (χ2v) is 4.77. The lowest BCUT2D eigenvalue weighted by Crippen LogP contribution is -2.17. The van der Waals surface area contributed by atoms with Gasteiger partial charge >= 0.3 is 0 Å². The summed E-state index contributed by atoms with van der Waals surface area (Å²) in [6.07, 6.45) is 2.24. The molecule has 0 spiro atoms. The molecular formula is C14H22FNO. The van der Waals surface area contributed by atoms with Gasteiger partial charge in [-0.3, -0.25) is 0 Å². The maximum Gasteiger partial charge on any atom is 0.123 e. The van der Waals surface area contributed by atoms with Crippen LogP contribution in [0.15, 0.2) is 24.3 Å². The summed E-state index contributed by atoms with van der Waals surface area (Å²) in [5.74, 6) is 0.475. The van der Waals surface area contributed by atoms with Gasteiger partial charge in [0.15, 0.2) is 0 Å². The number of nitrogens with two attached hydrogens (primary N) is 1. The van der Waals surface area contributed by atoms with Crippen molar-refractivity contribution in [2.45, 2.75) is 32.7 Å².